The summed E-state index contributed by atoms with van der Waals surface area (Å²) in [5.41, 5.74) is 0. The number of nitrogens with zero attached hydrogens (tertiary/aromatic N) is 1. The second-order valence-electron chi connectivity index (χ2n) is 4.60. The van der Waals surface area contributed by atoms with Crippen LogP contribution in [-0.2, 0) is 4.74 Å². The molecule has 3 atom stereocenters. The van der Waals surface area contributed by atoms with Crippen LogP contribution in [0.3, 0.4) is 0 Å². The maximum Gasteiger partial charge on any atom is 0.0726 e. The summed E-state index contributed by atoms with van der Waals surface area (Å²) < 4.78 is 5.50. The van der Waals surface area contributed by atoms with Gasteiger partial charge in [0.1, 0.15) is 0 Å². The SMILES string of the molecule is COC1CCCC1N1CCC(CO)C1. The number of likely N-dealkylation sites (tertiary alicyclic amines) is 1. The summed E-state index contributed by atoms with van der Waals surface area (Å²) in [6.07, 6.45) is 5.37. The molecular formula is C11H21NO2. The molecule has 0 bridgehead atoms. The van der Waals surface area contributed by atoms with Crippen LogP contribution < -0.4 is 0 Å². The monoisotopic (exact) mass is 199 g/mol. The average Bonchev–Trinajstić information content (AvgIpc) is 2.85. The Morgan fingerprint density at radius 1 is 1.36 bits per heavy atom. The van der Waals surface area contributed by atoms with Crippen LogP contribution >= 0.6 is 0 Å². The molecule has 0 aromatic rings. The lowest BCUT2D eigenvalue weighted by atomic mass is 10.1. The lowest BCUT2D eigenvalue weighted by molar-refractivity contribution is 0.0397. The van der Waals surface area contributed by atoms with E-state index in [0.29, 0.717) is 24.7 Å². The third-order valence-electron chi connectivity index (χ3n) is 3.76. The molecule has 3 heteroatoms. The van der Waals surface area contributed by atoms with E-state index in [1.54, 1.807) is 0 Å². The fourth-order valence-electron chi connectivity index (χ4n) is 2.91. The summed E-state index contributed by atoms with van der Waals surface area (Å²) in [7, 11) is 1.82. The first-order chi connectivity index (χ1) is 6.85. The summed E-state index contributed by atoms with van der Waals surface area (Å²) in [5.74, 6) is 0.508. The van der Waals surface area contributed by atoms with E-state index in [-0.39, 0.29) is 0 Å². The van der Waals surface area contributed by atoms with Crippen molar-refractivity contribution in [2.24, 2.45) is 5.92 Å². The average molecular weight is 199 g/mol. The number of aliphatic hydroxyl groups excluding tert-OH is 1. The Balaban J connectivity index is 1.89. The normalized spacial score (nSPS) is 39.4. The van der Waals surface area contributed by atoms with Crippen LogP contribution in [0, 0.1) is 5.92 Å². The maximum atomic E-state index is 9.09. The van der Waals surface area contributed by atoms with E-state index < -0.39 is 0 Å². The van der Waals surface area contributed by atoms with Crippen molar-refractivity contribution in [1.29, 1.82) is 0 Å². The van der Waals surface area contributed by atoms with Crippen LogP contribution in [0.25, 0.3) is 0 Å². The summed E-state index contributed by atoms with van der Waals surface area (Å²) in [6, 6.07) is 0.622. The molecule has 1 heterocycles. The quantitative estimate of drug-likeness (QED) is 0.732. The summed E-state index contributed by atoms with van der Waals surface area (Å²) in [4.78, 5) is 2.52. The lowest BCUT2D eigenvalue weighted by Crippen LogP contribution is -2.39. The summed E-state index contributed by atoms with van der Waals surface area (Å²) in [6.45, 7) is 2.57. The lowest BCUT2D eigenvalue weighted by Gasteiger charge is -2.28. The molecule has 0 spiro atoms. The summed E-state index contributed by atoms with van der Waals surface area (Å²) in [5, 5.41) is 9.09. The second-order valence-corrected chi connectivity index (χ2v) is 4.60. The Bertz CT molecular complexity index is 186. The van der Waals surface area contributed by atoms with Crippen LogP contribution in [0.4, 0.5) is 0 Å². The Hall–Kier alpha value is -0.120. The Morgan fingerprint density at radius 2 is 2.21 bits per heavy atom. The zero-order valence-electron chi connectivity index (χ0n) is 8.98. The van der Waals surface area contributed by atoms with Crippen molar-refractivity contribution in [1.82, 2.24) is 4.90 Å². The van der Waals surface area contributed by atoms with Crippen LogP contribution in [0.5, 0.6) is 0 Å². The van der Waals surface area contributed by atoms with Gasteiger partial charge in [0.2, 0.25) is 0 Å². The van der Waals surface area contributed by atoms with Crippen molar-refractivity contribution >= 4 is 0 Å². The molecule has 1 N–H and O–H groups in total. The van der Waals surface area contributed by atoms with Crippen molar-refractivity contribution < 1.29 is 9.84 Å². The highest BCUT2D eigenvalue weighted by Crippen LogP contribution is 2.30. The minimum Gasteiger partial charge on any atom is -0.396 e. The van der Waals surface area contributed by atoms with Gasteiger partial charge in [-0.2, -0.15) is 0 Å². The smallest absolute Gasteiger partial charge is 0.0726 e. The molecule has 3 unspecified atom stereocenters. The fraction of sp³-hybridized carbons (Fsp3) is 1.00. The van der Waals surface area contributed by atoms with Crippen molar-refractivity contribution in [3.05, 3.63) is 0 Å². The van der Waals surface area contributed by atoms with Gasteiger partial charge < -0.3 is 9.84 Å². The molecule has 0 aromatic heterocycles. The Labute approximate surface area is 86.0 Å². The van der Waals surface area contributed by atoms with E-state index in [1.807, 2.05) is 7.11 Å². The van der Waals surface area contributed by atoms with Crippen LogP contribution in [0.15, 0.2) is 0 Å². The predicted octanol–water partition coefficient (Wildman–Crippen LogP) is 0.868. The number of hydrogen-bond acceptors (Lipinski definition) is 3. The highest BCUT2D eigenvalue weighted by molar-refractivity contribution is 4.90. The second kappa shape index (κ2) is 4.60. The zero-order valence-corrected chi connectivity index (χ0v) is 8.98. The molecular weight excluding hydrogens is 178 g/mol. The molecule has 1 aliphatic carbocycles. The number of hydrogen-bond donors (Lipinski definition) is 1. The van der Waals surface area contributed by atoms with Crippen molar-refractivity contribution in [3.8, 4) is 0 Å². The van der Waals surface area contributed by atoms with Crippen LogP contribution in [0.1, 0.15) is 25.7 Å². The Kier molecular flexibility index (Phi) is 3.42. The number of rotatable bonds is 3. The molecule has 0 amide bonds. The molecule has 1 saturated heterocycles. The van der Waals surface area contributed by atoms with Gasteiger partial charge in [0.25, 0.3) is 0 Å². The van der Waals surface area contributed by atoms with Crippen molar-refractivity contribution in [2.75, 3.05) is 26.8 Å². The molecule has 82 valence electrons. The highest BCUT2D eigenvalue weighted by atomic mass is 16.5. The van der Waals surface area contributed by atoms with E-state index >= 15 is 0 Å². The van der Waals surface area contributed by atoms with Gasteiger partial charge in [0.15, 0.2) is 0 Å². The minimum absolute atomic E-state index is 0.348. The van der Waals surface area contributed by atoms with Gasteiger partial charge in [-0.25, -0.2) is 0 Å². The third kappa shape index (κ3) is 1.95. The first kappa shape index (κ1) is 10.4. The van der Waals surface area contributed by atoms with Gasteiger partial charge in [-0.3, -0.25) is 4.90 Å². The summed E-state index contributed by atoms with van der Waals surface area (Å²) >= 11 is 0. The number of methoxy groups -OCH3 is 1. The van der Waals surface area contributed by atoms with Crippen molar-refractivity contribution in [3.63, 3.8) is 0 Å². The first-order valence-corrected chi connectivity index (χ1v) is 5.73. The van der Waals surface area contributed by atoms with Gasteiger partial charge in [0.05, 0.1) is 6.10 Å². The topological polar surface area (TPSA) is 32.7 Å². The maximum absolute atomic E-state index is 9.09. The molecule has 2 rings (SSSR count). The highest BCUT2D eigenvalue weighted by Gasteiger charge is 2.35. The van der Waals surface area contributed by atoms with Gasteiger partial charge in [-0.15, -0.1) is 0 Å². The first-order valence-electron chi connectivity index (χ1n) is 5.73. The van der Waals surface area contributed by atoms with E-state index in [1.165, 1.54) is 19.3 Å². The largest absolute Gasteiger partial charge is 0.396 e. The fourth-order valence-corrected chi connectivity index (χ4v) is 2.91. The van der Waals surface area contributed by atoms with Gasteiger partial charge >= 0.3 is 0 Å². The predicted molar refractivity (Wildman–Crippen MR) is 55.2 cm³/mol. The molecule has 1 aliphatic heterocycles. The van der Waals surface area contributed by atoms with E-state index in [9.17, 15) is 0 Å². The molecule has 2 fully saturated rings. The number of aliphatic hydroxyl groups is 1. The molecule has 2 aliphatic rings. The van der Waals surface area contributed by atoms with E-state index in [0.717, 1.165) is 19.5 Å². The molecule has 1 saturated carbocycles. The molecule has 0 aromatic carbocycles. The van der Waals surface area contributed by atoms with Gasteiger partial charge in [-0.05, 0) is 38.1 Å². The zero-order chi connectivity index (χ0) is 9.97. The van der Waals surface area contributed by atoms with Crippen LogP contribution in [0.2, 0.25) is 0 Å². The third-order valence-corrected chi connectivity index (χ3v) is 3.76. The van der Waals surface area contributed by atoms with Gasteiger partial charge in [0, 0.05) is 26.3 Å². The minimum atomic E-state index is 0.348. The van der Waals surface area contributed by atoms with Crippen LogP contribution in [-0.4, -0.2) is 49.0 Å². The van der Waals surface area contributed by atoms with Crippen molar-refractivity contribution in [2.45, 2.75) is 37.8 Å². The van der Waals surface area contributed by atoms with E-state index in [4.69, 9.17) is 9.84 Å². The van der Waals surface area contributed by atoms with Gasteiger partial charge in [-0.1, -0.05) is 0 Å². The molecule has 0 radical (unpaired) electrons. The number of ether oxygens (including phenoxy) is 1. The van der Waals surface area contributed by atoms with E-state index in [2.05, 4.69) is 4.90 Å². The molecule has 14 heavy (non-hydrogen) atoms. The Morgan fingerprint density at radius 3 is 2.86 bits per heavy atom. The standard InChI is InChI=1S/C11H21NO2/c1-14-11-4-2-3-10(11)12-6-5-9(7-12)8-13/h9-11,13H,2-8H2,1H3. The molecule has 3 nitrogen and oxygen atoms in total.